The normalized spacial score (nSPS) is 12.3. The van der Waals surface area contributed by atoms with Crippen LogP contribution < -0.4 is 5.32 Å². The fourth-order valence-corrected chi connectivity index (χ4v) is 3.44. The molecule has 1 aromatic rings. The standard InChI is InChI=1S/C20H34N4O2S/c1-6-8-9-10-11-16-24(5)20(21-7-2)22-17-18-12-14-19(15-13-18)27(25,26)23(3)4/h6,12-15H,1,7-11,16-17H2,2-5H3,(H,21,22). The van der Waals surface area contributed by atoms with Crippen LogP contribution in [0.15, 0.2) is 46.8 Å². The van der Waals surface area contributed by atoms with E-state index in [1.165, 1.54) is 31.2 Å². The van der Waals surface area contributed by atoms with Crippen molar-refractivity contribution in [3.05, 3.63) is 42.5 Å². The topological polar surface area (TPSA) is 65.0 Å². The molecule has 0 saturated heterocycles. The SMILES string of the molecule is C=CCCCCCN(C)C(=NCc1ccc(S(=O)(=O)N(C)C)cc1)NCC. The Kier molecular flexibility index (Phi) is 10.1. The first-order chi connectivity index (χ1) is 12.8. The van der Waals surface area contributed by atoms with Crippen LogP contribution in [-0.2, 0) is 16.6 Å². The smallest absolute Gasteiger partial charge is 0.242 e. The molecule has 0 unspecified atom stereocenters. The number of rotatable bonds is 11. The zero-order valence-corrected chi connectivity index (χ0v) is 17.9. The van der Waals surface area contributed by atoms with Crippen molar-refractivity contribution >= 4 is 16.0 Å². The van der Waals surface area contributed by atoms with Crippen molar-refractivity contribution in [3.8, 4) is 0 Å². The van der Waals surface area contributed by atoms with Gasteiger partial charge in [0.25, 0.3) is 0 Å². The molecule has 0 bridgehead atoms. The van der Waals surface area contributed by atoms with E-state index in [1.807, 2.05) is 32.2 Å². The second kappa shape index (κ2) is 11.8. The van der Waals surface area contributed by atoms with Crippen molar-refractivity contribution in [2.24, 2.45) is 4.99 Å². The minimum absolute atomic E-state index is 0.295. The average Bonchev–Trinajstić information content (AvgIpc) is 2.65. The number of aliphatic imine (C=N–C) groups is 1. The summed E-state index contributed by atoms with van der Waals surface area (Å²) in [5.41, 5.74) is 0.975. The quantitative estimate of drug-likeness (QED) is 0.271. The van der Waals surface area contributed by atoms with Gasteiger partial charge in [-0.1, -0.05) is 24.6 Å². The maximum atomic E-state index is 12.1. The number of hydrogen-bond donors (Lipinski definition) is 1. The average molecular weight is 395 g/mol. The molecule has 0 aromatic heterocycles. The zero-order chi connectivity index (χ0) is 20.3. The Bertz CT molecular complexity index is 697. The summed E-state index contributed by atoms with van der Waals surface area (Å²) in [5, 5.41) is 3.31. The molecular weight excluding hydrogens is 360 g/mol. The Morgan fingerprint density at radius 3 is 2.37 bits per heavy atom. The van der Waals surface area contributed by atoms with Gasteiger partial charge in [-0.2, -0.15) is 0 Å². The Balaban J connectivity index is 2.70. The molecule has 0 aliphatic rings. The van der Waals surface area contributed by atoms with Gasteiger partial charge in [-0.15, -0.1) is 6.58 Å². The number of unbranched alkanes of at least 4 members (excludes halogenated alkanes) is 3. The number of hydrogen-bond acceptors (Lipinski definition) is 3. The third kappa shape index (κ3) is 7.72. The van der Waals surface area contributed by atoms with E-state index in [4.69, 9.17) is 0 Å². The summed E-state index contributed by atoms with van der Waals surface area (Å²) in [6.07, 6.45) is 6.50. The van der Waals surface area contributed by atoms with Crippen molar-refractivity contribution in [2.45, 2.75) is 44.0 Å². The summed E-state index contributed by atoms with van der Waals surface area (Å²) in [4.78, 5) is 7.12. The summed E-state index contributed by atoms with van der Waals surface area (Å²) < 4.78 is 25.5. The Hall–Kier alpha value is -1.86. The van der Waals surface area contributed by atoms with E-state index >= 15 is 0 Å². The Morgan fingerprint density at radius 2 is 1.81 bits per heavy atom. The molecule has 0 heterocycles. The van der Waals surface area contributed by atoms with Crippen LogP contribution in [0.1, 0.15) is 38.2 Å². The minimum atomic E-state index is -3.39. The van der Waals surface area contributed by atoms with E-state index in [1.54, 1.807) is 12.1 Å². The van der Waals surface area contributed by atoms with Crippen LogP contribution >= 0.6 is 0 Å². The van der Waals surface area contributed by atoms with Gasteiger partial charge in [0.15, 0.2) is 5.96 Å². The lowest BCUT2D eigenvalue weighted by Gasteiger charge is -2.22. The van der Waals surface area contributed by atoms with Gasteiger partial charge in [-0.3, -0.25) is 0 Å². The van der Waals surface area contributed by atoms with Crippen LogP contribution in [0, 0.1) is 0 Å². The van der Waals surface area contributed by atoms with Gasteiger partial charge in [0, 0.05) is 34.2 Å². The van der Waals surface area contributed by atoms with Crippen molar-refractivity contribution in [1.82, 2.24) is 14.5 Å². The minimum Gasteiger partial charge on any atom is -0.357 e. The van der Waals surface area contributed by atoms with Crippen LogP contribution in [0.5, 0.6) is 0 Å². The van der Waals surface area contributed by atoms with E-state index in [0.29, 0.717) is 11.4 Å². The van der Waals surface area contributed by atoms with E-state index in [2.05, 4.69) is 21.8 Å². The van der Waals surface area contributed by atoms with Crippen molar-refractivity contribution < 1.29 is 8.42 Å². The van der Waals surface area contributed by atoms with Crippen molar-refractivity contribution in [2.75, 3.05) is 34.2 Å². The second-order valence-electron chi connectivity index (χ2n) is 6.66. The number of benzene rings is 1. The van der Waals surface area contributed by atoms with E-state index in [9.17, 15) is 8.42 Å². The van der Waals surface area contributed by atoms with E-state index in [0.717, 1.165) is 37.5 Å². The highest BCUT2D eigenvalue weighted by Gasteiger charge is 2.16. The monoisotopic (exact) mass is 394 g/mol. The van der Waals surface area contributed by atoms with Gasteiger partial charge in [0.2, 0.25) is 10.0 Å². The molecule has 27 heavy (non-hydrogen) atoms. The highest BCUT2D eigenvalue weighted by molar-refractivity contribution is 7.89. The van der Waals surface area contributed by atoms with Crippen molar-refractivity contribution in [1.29, 1.82) is 0 Å². The predicted octanol–water partition coefficient (Wildman–Crippen LogP) is 3.08. The molecule has 1 rings (SSSR count). The molecule has 0 atom stereocenters. The molecule has 1 aromatic carbocycles. The van der Waals surface area contributed by atoms with E-state index in [-0.39, 0.29) is 0 Å². The molecular formula is C20H34N4O2S. The van der Waals surface area contributed by atoms with Crippen LogP contribution in [0.3, 0.4) is 0 Å². The van der Waals surface area contributed by atoms with Gasteiger partial charge < -0.3 is 10.2 Å². The molecule has 6 nitrogen and oxygen atoms in total. The van der Waals surface area contributed by atoms with Crippen LogP contribution in [0.25, 0.3) is 0 Å². The second-order valence-corrected chi connectivity index (χ2v) is 8.81. The molecule has 0 aliphatic heterocycles. The first kappa shape index (κ1) is 23.2. The van der Waals surface area contributed by atoms with Gasteiger partial charge >= 0.3 is 0 Å². The molecule has 0 spiro atoms. The zero-order valence-electron chi connectivity index (χ0n) is 17.1. The summed E-state index contributed by atoms with van der Waals surface area (Å²) in [5.74, 6) is 0.867. The molecule has 0 aliphatic carbocycles. The van der Waals surface area contributed by atoms with Gasteiger partial charge in [-0.05, 0) is 43.9 Å². The lowest BCUT2D eigenvalue weighted by molar-refractivity contribution is 0.455. The highest BCUT2D eigenvalue weighted by Crippen LogP contribution is 2.14. The van der Waals surface area contributed by atoms with Crippen LogP contribution in [0.4, 0.5) is 0 Å². The van der Waals surface area contributed by atoms with E-state index < -0.39 is 10.0 Å². The number of allylic oxidation sites excluding steroid dienone is 1. The highest BCUT2D eigenvalue weighted by atomic mass is 32.2. The van der Waals surface area contributed by atoms with Crippen molar-refractivity contribution in [3.63, 3.8) is 0 Å². The molecule has 1 N–H and O–H groups in total. The lowest BCUT2D eigenvalue weighted by atomic mass is 10.2. The first-order valence-electron chi connectivity index (χ1n) is 9.44. The van der Waals surface area contributed by atoms with Gasteiger partial charge in [-0.25, -0.2) is 17.7 Å². The molecule has 0 saturated carbocycles. The van der Waals surface area contributed by atoms with Crippen LogP contribution in [-0.4, -0.2) is 57.8 Å². The molecule has 0 amide bonds. The Morgan fingerprint density at radius 1 is 1.15 bits per heavy atom. The largest absolute Gasteiger partial charge is 0.357 e. The third-order valence-corrected chi connectivity index (χ3v) is 6.04. The van der Waals surface area contributed by atoms with Gasteiger partial charge in [0.05, 0.1) is 11.4 Å². The molecule has 0 radical (unpaired) electrons. The number of nitrogens with zero attached hydrogens (tertiary/aromatic N) is 3. The lowest BCUT2D eigenvalue weighted by Crippen LogP contribution is -2.39. The number of sulfonamides is 1. The number of guanidine groups is 1. The van der Waals surface area contributed by atoms with Crippen LogP contribution in [0.2, 0.25) is 0 Å². The third-order valence-electron chi connectivity index (χ3n) is 4.21. The Labute approximate surface area is 165 Å². The summed E-state index contributed by atoms with van der Waals surface area (Å²) in [6.45, 7) is 8.06. The predicted molar refractivity (Wildman–Crippen MR) is 113 cm³/mol. The summed E-state index contributed by atoms with van der Waals surface area (Å²) in [6, 6.07) is 6.91. The fraction of sp³-hybridized carbons (Fsp3) is 0.550. The summed E-state index contributed by atoms with van der Waals surface area (Å²) >= 11 is 0. The summed E-state index contributed by atoms with van der Waals surface area (Å²) in [7, 11) is 1.71. The number of nitrogens with one attached hydrogen (secondary N) is 1. The fourth-order valence-electron chi connectivity index (χ4n) is 2.53. The first-order valence-corrected chi connectivity index (χ1v) is 10.9. The molecule has 7 heteroatoms. The maximum Gasteiger partial charge on any atom is 0.242 e. The molecule has 152 valence electrons. The molecule has 0 fully saturated rings. The van der Waals surface area contributed by atoms with Gasteiger partial charge in [0.1, 0.15) is 0 Å². The maximum absolute atomic E-state index is 12.1.